The number of Topliss-reactive ketones (excluding diaryl/α,β-unsaturated/α-hetero) is 1. The summed E-state index contributed by atoms with van der Waals surface area (Å²) in [4.78, 5) is 51.8. The number of benzene rings is 2. The van der Waals surface area contributed by atoms with Gasteiger partial charge in [0.2, 0.25) is 5.91 Å². The maximum atomic E-state index is 13.7. The molecular formula is C34H30FN5O6. The number of hydrogen-bond acceptors (Lipinski definition) is 9. The lowest BCUT2D eigenvalue weighted by Gasteiger charge is -2.26. The summed E-state index contributed by atoms with van der Waals surface area (Å²) in [6, 6.07) is 12.2. The minimum Gasteiger partial charge on any atom is -0.489 e. The lowest BCUT2D eigenvalue weighted by atomic mass is 9.81. The molecular weight excluding hydrogens is 593 g/mol. The Morgan fingerprint density at radius 1 is 1.13 bits per heavy atom. The van der Waals surface area contributed by atoms with Crippen molar-refractivity contribution in [2.75, 3.05) is 11.9 Å². The highest BCUT2D eigenvalue weighted by Crippen LogP contribution is 2.46. The van der Waals surface area contributed by atoms with Gasteiger partial charge in [0.15, 0.2) is 5.78 Å². The molecule has 46 heavy (non-hydrogen) atoms. The SMILES string of the molecule is Cc1cnc2c(NC(=O)c3ncco3)cc(C(=O)CC[C@](C)(O)c3cc4c(c(-c5ccc(F)cc5)n3)OC[C@]4(C)C(N)=O)cc2c1. The Hall–Kier alpha value is -5.49. The van der Waals surface area contributed by atoms with Crippen LogP contribution in [0, 0.1) is 12.7 Å². The van der Waals surface area contributed by atoms with Gasteiger partial charge in [-0.05, 0) is 81.3 Å². The summed E-state index contributed by atoms with van der Waals surface area (Å²) in [6.45, 7) is 5.01. The van der Waals surface area contributed by atoms with Crippen molar-refractivity contribution in [3.8, 4) is 17.0 Å². The Morgan fingerprint density at radius 3 is 2.59 bits per heavy atom. The van der Waals surface area contributed by atoms with Crippen molar-refractivity contribution in [3.05, 3.63) is 101 Å². The molecule has 12 heteroatoms. The molecule has 0 spiro atoms. The summed E-state index contributed by atoms with van der Waals surface area (Å²) in [5.74, 6) is -1.79. The van der Waals surface area contributed by atoms with E-state index < -0.39 is 28.6 Å². The summed E-state index contributed by atoms with van der Waals surface area (Å²) in [5, 5.41) is 15.1. The van der Waals surface area contributed by atoms with Gasteiger partial charge in [0.1, 0.15) is 41.1 Å². The van der Waals surface area contributed by atoms with Gasteiger partial charge in [-0.3, -0.25) is 19.4 Å². The molecule has 0 bridgehead atoms. The molecule has 2 atom stereocenters. The predicted molar refractivity (Wildman–Crippen MR) is 166 cm³/mol. The zero-order valence-electron chi connectivity index (χ0n) is 25.3. The quantitative estimate of drug-likeness (QED) is 0.191. The van der Waals surface area contributed by atoms with Crippen molar-refractivity contribution in [1.29, 1.82) is 0 Å². The van der Waals surface area contributed by atoms with Gasteiger partial charge in [0.05, 0.1) is 23.1 Å². The molecule has 0 saturated heterocycles. The van der Waals surface area contributed by atoms with Crippen LogP contribution in [0.4, 0.5) is 10.1 Å². The van der Waals surface area contributed by atoms with E-state index >= 15 is 0 Å². The minimum absolute atomic E-state index is 0.0250. The number of pyridine rings is 2. The number of carbonyl (C=O) groups excluding carboxylic acids is 3. The first-order valence-corrected chi connectivity index (χ1v) is 14.5. The number of carbonyl (C=O) groups is 3. The number of primary amides is 1. The Labute approximate surface area is 262 Å². The van der Waals surface area contributed by atoms with E-state index in [9.17, 15) is 23.9 Å². The number of fused-ring (bicyclic) bond motifs is 2. The molecule has 6 rings (SSSR count). The number of ketones is 1. The highest BCUT2D eigenvalue weighted by atomic mass is 19.1. The Balaban J connectivity index is 1.32. The number of ether oxygens (including phenoxy) is 1. The van der Waals surface area contributed by atoms with E-state index in [4.69, 9.17) is 14.9 Å². The van der Waals surface area contributed by atoms with Gasteiger partial charge in [-0.15, -0.1) is 0 Å². The number of oxazole rings is 1. The second-order valence-electron chi connectivity index (χ2n) is 11.8. The predicted octanol–water partition coefficient (Wildman–Crippen LogP) is 4.99. The third-order valence-electron chi connectivity index (χ3n) is 8.24. The Kier molecular flexibility index (Phi) is 7.61. The van der Waals surface area contributed by atoms with Crippen LogP contribution in [0.5, 0.6) is 5.75 Å². The number of nitrogens with zero attached hydrogens (tertiary/aromatic N) is 3. The lowest BCUT2D eigenvalue weighted by Crippen LogP contribution is -2.40. The van der Waals surface area contributed by atoms with Gasteiger partial charge in [0.25, 0.3) is 5.89 Å². The molecule has 3 aromatic heterocycles. The molecule has 234 valence electrons. The van der Waals surface area contributed by atoms with Gasteiger partial charge >= 0.3 is 5.91 Å². The smallest absolute Gasteiger partial charge is 0.311 e. The maximum absolute atomic E-state index is 13.7. The van der Waals surface area contributed by atoms with Gasteiger partial charge < -0.3 is 25.3 Å². The monoisotopic (exact) mass is 623 g/mol. The average molecular weight is 624 g/mol. The molecule has 11 nitrogen and oxygen atoms in total. The van der Waals surface area contributed by atoms with Crippen LogP contribution in [0.1, 0.15) is 64.6 Å². The third-order valence-corrected chi connectivity index (χ3v) is 8.24. The Morgan fingerprint density at radius 2 is 1.89 bits per heavy atom. The van der Waals surface area contributed by atoms with E-state index in [1.807, 2.05) is 13.0 Å². The number of rotatable bonds is 9. The van der Waals surface area contributed by atoms with Crippen LogP contribution in [-0.2, 0) is 15.8 Å². The standard InChI is InChI=1S/C34H30FN5O6/c1-18-12-21-13-20(14-24(27(21)38-16-18)39-30(42)31-37-10-11-45-31)25(41)8-9-34(3,44)26-15-23-29(46-17-33(23,2)32(36)43)28(40-26)19-4-6-22(35)7-5-19/h4-7,10-16,44H,8-9,17H2,1-3H3,(H2,36,43)(H,39,42)/t33-,34-/m0/s1. The zero-order chi connectivity index (χ0) is 32.8. The molecule has 1 aliphatic heterocycles. The van der Waals surface area contributed by atoms with Crippen molar-refractivity contribution in [2.45, 2.75) is 44.6 Å². The topological polar surface area (TPSA) is 171 Å². The van der Waals surface area contributed by atoms with E-state index in [-0.39, 0.29) is 36.8 Å². The highest BCUT2D eigenvalue weighted by molar-refractivity contribution is 6.09. The molecule has 0 fully saturated rings. The fraction of sp³-hybridized carbons (Fsp3) is 0.235. The molecule has 2 aromatic carbocycles. The van der Waals surface area contributed by atoms with Crippen LogP contribution in [0.15, 0.2) is 71.6 Å². The van der Waals surface area contributed by atoms with Crippen molar-refractivity contribution in [1.82, 2.24) is 15.0 Å². The molecule has 4 heterocycles. The van der Waals surface area contributed by atoms with Crippen LogP contribution >= 0.6 is 0 Å². The van der Waals surface area contributed by atoms with Crippen molar-refractivity contribution in [3.63, 3.8) is 0 Å². The van der Waals surface area contributed by atoms with E-state index in [2.05, 4.69) is 20.3 Å². The first-order valence-electron chi connectivity index (χ1n) is 14.5. The molecule has 1 aliphatic rings. The second kappa shape index (κ2) is 11.5. The molecule has 4 N–H and O–H groups in total. The largest absolute Gasteiger partial charge is 0.489 e. The van der Waals surface area contributed by atoms with Gasteiger partial charge in [-0.2, -0.15) is 0 Å². The number of anilines is 1. The first kappa shape index (κ1) is 30.5. The lowest BCUT2D eigenvalue weighted by molar-refractivity contribution is -0.123. The fourth-order valence-corrected chi connectivity index (χ4v) is 5.42. The summed E-state index contributed by atoms with van der Waals surface area (Å²) < 4.78 is 24.7. The molecule has 0 unspecified atom stereocenters. The molecule has 0 radical (unpaired) electrons. The molecule has 0 aliphatic carbocycles. The fourth-order valence-electron chi connectivity index (χ4n) is 5.42. The number of nitrogens with one attached hydrogen (secondary N) is 1. The summed E-state index contributed by atoms with van der Waals surface area (Å²) in [5.41, 5.74) is 6.31. The van der Waals surface area contributed by atoms with E-state index in [1.54, 1.807) is 25.3 Å². The number of aliphatic hydroxyl groups is 1. The molecule has 5 aromatic rings. The third kappa shape index (κ3) is 5.58. The van der Waals surface area contributed by atoms with Crippen molar-refractivity contribution < 1.29 is 33.0 Å². The molecule has 0 saturated carbocycles. The van der Waals surface area contributed by atoms with Gasteiger partial charge in [0, 0.05) is 34.7 Å². The number of hydrogen-bond donors (Lipinski definition) is 3. The van der Waals surface area contributed by atoms with Gasteiger partial charge in [-0.1, -0.05) is 0 Å². The normalized spacial score (nSPS) is 16.8. The number of amides is 2. The van der Waals surface area contributed by atoms with Crippen LogP contribution in [0.2, 0.25) is 0 Å². The molecule has 2 amide bonds. The van der Waals surface area contributed by atoms with E-state index in [0.717, 1.165) is 5.56 Å². The van der Waals surface area contributed by atoms with Crippen LogP contribution < -0.4 is 15.8 Å². The number of nitrogens with two attached hydrogens (primary N) is 1. The van der Waals surface area contributed by atoms with Gasteiger partial charge in [-0.25, -0.2) is 14.4 Å². The van der Waals surface area contributed by atoms with Crippen molar-refractivity contribution >= 4 is 34.2 Å². The summed E-state index contributed by atoms with van der Waals surface area (Å²) in [7, 11) is 0. The minimum atomic E-state index is -1.64. The number of aromatic nitrogens is 3. The van der Waals surface area contributed by atoms with E-state index in [0.29, 0.717) is 44.7 Å². The van der Waals surface area contributed by atoms with Crippen molar-refractivity contribution in [2.24, 2.45) is 5.73 Å². The number of halogens is 1. The summed E-state index contributed by atoms with van der Waals surface area (Å²) in [6.07, 6.45) is 4.14. The Bertz CT molecular complexity index is 2010. The maximum Gasteiger partial charge on any atom is 0.311 e. The second-order valence-corrected chi connectivity index (χ2v) is 11.8. The van der Waals surface area contributed by atoms with Crippen LogP contribution in [-0.4, -0.2) is 44.3 Å². The highest BCUT2D eigenvalue weighted by Gasteiger charge is 2.45. The average Bonchev–Trinajstić information content (AvgIpc) is 3.69. The first-order chi connectivity index (χ1) is 21.9. The van der Waals surface area contributed by atoms with E-state index in [1.165, 1.54) is 49.7 Å². The summed E-state index contributed by atoms with van der Waals surface area (Å²) >= 11 is 0. The number of aryl methyl sites for hydroxylation is 1. The van der Waals surface area contributed by atoms with Crippen LogP contribution in [0.3, 0.4) is 0 Å². The zero-order valence-corrected chi connectivity index (χ0v) is 25.3. The van der Waals surface area contributed by atoms with Crippen LogP contribution in [0.25, 0.3) is 22.2 Å².